The van der Waals surface area contributed by atoms with Crippen molar-refractivity contribution in [2.24, 2.45) is 11.7 Å². The normalized spacial score (nSPS) is 24.8. The molecule has 0 spiro atoms. The van der Waals surface area contributed by atoms with Crippen LogP contribution in [0.1, 0.15) is 25.7 Å². The van der Waals surface area contributed by atoms with Crippen LogP contribution in [0, 0.1) is 16.0 Å². The fraction of sp³-hybridized carbons (Fsp3) is 0.889. The van der Waals surface area contributed by atoms with Gasteiger partial charge >= 0.3 is 0 Å². The fourth-order valence-corrected chi connectivity index (χ4v) is 1.93. The predicted octanol–water partition coefficient (Wildman–Crippen LogP) is -0.172. The molecular weight excluding hydrogens is 214 g/mol. The second-order valence-electron chi connectivity index (χ2n) is 4.01. The van der Waals surface area contributed by atoms with Gasteiger partial charge in [-0.05, 0) is 31.6 Å². The third kappa shape index (κ3) is 4.43. The second-order valence-corrected chi connectivity index (χ2v) is 4.01. The molecule has 0 bridgehead atoms. The monoisotopic (exact) mass is 231 g/mol. The minimum atomic E-state index is -0.762. The molecule has 1 aliphatic rings. The van der Waals surface area contributed by atoms with Gasteiger partial charge in [0.1, 0.15) is 0 Å². The molecule has 1 fully saturated rings. The molecule has 1 saturated carbocycles. The van der Waals surface area contributed by atoms with Gasteiger partial charge in [-0.15, -0.1) is 10.1 Å². The molecule has 0 saturated heterocycles. The number of nitrogens with two attached hydrogens (primary N) is 1. The molecule has 7 nitrogen and oxygen atoms in total. The first-order valence-corrected chi connectivity index (χ1v) is 5.38. The van der Waals surface area contributed by atoms with Gasteiger partial charge in [-0.25, -0.2) is 0 Å². The zero-order valence-corrected chi connectivity index (χ0v) is 9.05. The Kier molecular flexibility index (Phi) is 4.97. The maximum atomic E-state index is 11.0. The van der Waals surface area contributed by atoms with Crippen molar-refractivity contribution in [1.82, 2.24) is 5.32 Å². The smallest absolute Gasteiger partial charge is 0.294 e. The summed E-state index contributed by atoms with van der Waals surface area (Å²) in [6.45, 7) is 0.162. The molecule has 0 aliphatic heterocycles. The average molecular weight is 231 g/mol. The molecule has 7 heteroatoms. The van der Waals surface area contributed by atoms with Crippen molar-refractivity contribution in [3.8, 4) is 0 Å². The molecule has 1 rings (SSSR count). The molecule has 1 amide bonds. The van der Waals surface area contributed by atoms with Crippen LogP contribution in [0.2, 0.25) is 0 Å². The van der Waals surface area contributed by atoms with E-state index in [0.717, 1.165) is 25.7 Å². The highest BCUT2D eigenvalue weighted by Gasteiger charge is 2.22. The van der Waals surface area contributed by atoms with Gasteiger partial charge in [-0.3, -0.25) is 4.79 Å². The van der Waals surface area contributed by atoms with E-state index >= 15 is 0 Å². The summed E-state index contributed by atoms with van der Waals surface area (Å²) in [5, 5.41) is 12.1. The zero-order chi connectivity index (χ0) is 12.0. The van der Waals surface area contributed by atoms with Crippen LogP contribution in [0.3, 0.4) is 0 Å². The van der Waals surface area contributed by atoms with Crippen LogP contribution in [-0.2, 0) is 9.63 Å². The molecule has 92 valence electrons. The predicted molar refractivity (Wildman–Crippen MR) is 55.9 cm³/mol. The summed E-state index contributed by atoms with van der Waals surface area (Å²) in [6, 6.07) is 0.155. The van der Waals surface area contributed by atoms with Crippen LogP contribution in [0.25, 0.3) is 0 Å². The first-order valence-electron chi connectivity index (χ1n) is 5.38. The van der Waals surface area contributed by atoms with E-state index in [9.17, 15) is 14.9 Å². The van der Waals surface area contributed by atoms with Crippen molar-refractivity contribution in [2.75, 3.05) is 13.2 Å². The Labute approximate surface area is 93.4 Å². The summed E-state index contributed by atoms with van der Waals surface area (Å²) >= 11 is 0. The lowest BCUT2D eigenvalue weighted by Gasteiger charge is -2.28. The van der Waals surface area contributed by atoms with Gasteiger partial charge < -0.3 is 15.9 Å². The summed E-state index contributed by atoms with van der Waals surface area (Å²) in [5.74, 6) is 0.0708. The Hall–Kier alpha value is -1.37. The topological polar surface area (TPSA) is 107 Å². The molecule has 0 aromatic heterocycles. The number of hydrogen-bond acceptors (Lipinski definition) is 5. The minimum absolute atomic E-state index is 0.00433. The van der Waals surface area contributed by atoms with Crippen molar-refractivity contribution in [3.05, 3.63) is 10.1 Å². The molecule has 0 atom stereocenters. The number of hydrogen-bond donors (Lipinski definition) is 2. The number of rotatable bonds is 5. The van der Waals surface area contributed by atoms with Gasteiger partial charge in [-0.2, -0.15) is 0 Å². The molecule has 3 N–H and O–H groups in total. The number of carbonyl (C=O) groups excluding carboxylic acids is 1. The quantitative estimate of drug-likeness (QED) is 0.504. The number of nitrogens with one attached hydrogen (secondary N) is 1. The summed E-state index contributed by atoms with van der Waals surface area (Å²) in [4.78, 5) is 25.4. The summed E-state index contributed by atoms with van der Waals surface area (Å²) in [6.07, 6.45) is 3.33. The van der Waals surface area contributed by atoms with Crippen molar-refractivity contribution in [2.45, 2.75) is 31.7 Å². The molecule has 0 radical (unpaired) electrons. The van der Waals surface area contributed by atoms with E-state index in [2.05, 4.69) is 10.2 Å². The average Bonchev–Trinajstić information content (AvgIpc) is 2.28. The highest BCUT2D eigenvalue weighted by molar-refractivity contribution is 5.78. The van der Waals surface area contributed by atoms with Crippen molar-refractivity contribution < 1.29 is 14.7 Å². The van der Waals surface area contributed by atoms with E-state index in [4.69, 9.17) is 5.73 Å². The van der Waals surface area contributed by atoms with Crippen molar-refractivity contribution >= 4 is 5.91 Å². The van der Waals surface area contributed by atoms with Crippen molar-refractivity contribution in [1.29, 1.82) is 0 Å². The van der Waals surface area contributed by atoms with Gasteiger partial charge in [-0.1, -0.05) is 0 Å². The molecule has 16 heavy (non-hydrogen) atoms. The lowest BCUT2D eigenvalue weighted by Crippen LogP contribution is -2.41. The largest absolute Gasteiger partial charge is 0.352 e. The van der Waals surface area contributed by atoms with E-state index < -0.39 is 5.09 Å². The van der Waals surface area contributed by atoms with E-state index in [-0.39, 0.29) is 31.0 Å². The molecule has 1 aliphatic carbocycles. The number of carbonyl (C=O) groups is 1. The Morgan fingerprint density at radius 1 is 1.44 bits per heavy atom. The molecule has 0 aromatic rings. The third-order valence-electron chi connectivity index (χ3n) is 2.81. The lowest BCUT2D eigenvalue weighted by molar-refractivity contribution is -0.759. The first kappa shape index (κ1) is 12.7. The fourth-order valence-electron chi connectivity index (χ4n) is 1.93. The van der Waals surface area contributed by atoms with Gasteiger partial charge in [0, 0.05) is 6.04 Å². The molecule has 0 unspecified atom stereocenters. The van der Waals surface area contributed by atoms with Crippen LogP contribution in [-0.4, -0.2) is 30.2 Å². The van der Waals surface area contributed by atoms with Crippen LogP contribution >= 0.6 is 0 Å². The Morgan fingerprint density at radius 2 is 2.06 bits per heavy atom. The highest BCUT2D eigenvalue weighted by Crippen LogP contribution is 2.24. The van der Waals surface area contributed by atoms with Crippen LogP contribution in [0.5, 0.6) is 0 Å². The van der Waals surface area contributed by atoms with Crippen LogP contribution in [0.4, 0.5) is 0 Å². The maximum absolute atomic E-state index is 11.0. The van der Waals surface area contributed by atoms with Gasteiger partial charge in [0.2, 0.25) is 5.91 Å². The van der Waals surface area contributed by atoms with E-state index in [0.29, 0.717) is 0 Å². The third-order valence-corrected chi connectivity index (χ3v) is 2.81. The molecule has 0 heterocycles. The minimum Gasteiger partial charge on any atom is -0.352 e. The van der Waals surface area contributed by atoms with Gasteiger partial charge in [0.05, 0.1) is 13.2 Å². The van der Waals surface area contributed by atoms with Gasteiger partial charge in [0.25, 0.3) is 5.09 Å². The van der Waals surface area contributed by atoms with Crippen molar-refractivity contribution in [3.63, 3.8) is 0 Å². The number of amides is 1. The van der Waals surface area contributed by atoms with Crippen LogP contribution in [0.15, 0.2) is 0 Å². The van der Waals surface area contributed by atoms with E-state index in [1.807, 2.05) is 0 Å². The Morgan fingerprint density at radius 3 is 2.56 bits per heavy atom. The standard InChI is InChI=1S/C9H17N3O4/c10-5-9(13)11-8-3-1-7(2-4-8)6-16-12(14)15/h7-8H,1-6,10H2,(H,11,13). The maximum Gasteiger partial charge on any atom is 0.294 e. The van der Waals surface area contributed by atoms with E-state index in [1.165, 1.54) is 0 Å². The number of nitrogens with zero attached hydrogens (tertiary/aromatic N) is 1. The molecule has 0 aromatic carbocycles. The summed E-state index contributed by atoms with van der Waals surface area (Å²) in [5.41, 5.74) is 5.19. The Bertz CT molecular complexity index is 251. The SMILES string of the molecule is NCC(=O)NC1CCC(CO[N+](=O)[O-])CC1. The highest BCUT2D eigenvalue weighted by atomic mass is 16.9. The van der Waals surface area contributed by atoms with Crippen LogP contribution < -0.4 is 11.1 Å². The lowest BCUT2D eigenvalue weighted by atomic mass is 9.86. The molecular formula is C9H17N3O4. The summed E-state index contributed by atoms with van der Waals surface area (Å²) in [7, 11) is 0. The summed E-state index contributed by atoms with van der Waals surface area (Å²) < 4.78 is 0. The Balaban J connectivity index is 2.18. The van der Waals surface area contributed by atoms with E-state index in [1.54, 1.807) is 0 Å². The first-order chi connectivity index (χ1) is 7.61. The second kappa shape index (κ2) is 6.26. The van der Waals surface area contributed by atoms with Gasteiger partial charge in [0.15, 0.2) is 0 Å². The zero-order valence-electron chi connectivity index (χ0n) is 9.05.